The first kappa shape index (κ1) is 18.0. The van der Waals surface area contributed by atoms with E-state index in [1.807, 2.05) is 0 Å². The lowest BCUT2D eigenvalue weighted by Gasteiger charge is -2.41. The summed E-state index contributed by atoms with van der Waals surface area (Å²) in [6.45, 7) is 6.51. The maximum atomic E-state index is 5.89. The van der Waals surface area contributed by atoms with E-state index in [0.717, 1.165) is 52.1 Å². The van der Waals surface area contributed by atoms with Gasteiger partial charge in [0.1, 0.15) is 0 Å². The summed E-state index contributed by atoms with van der Waals surface area (Å²) >= 11 is 0. The SMILES string of the molecule is COc1cc(-c2nnc(N3CCC(N4CCN(C)CC4)CC3)o2)cnc1N. The summed E-state index contributed by atoms with van der Waals surface area (Å²) < 4.78 is 11.1. The summed E-state index contributed by atoms with van der Waals surface area (Å²) in [5.74, 6) is 1.27. The van der Waals surface area contributed by atoms with Crippen LogP contribution in [-0.4, -0.2) is 84.4 Å². The number of nitrogens with two attached hydrogens (primary N) is 1. The van der Waals surface area contributed by atoms with E-state index in [9.17, 15) is 0 Å². The zero-order valence-electron chi connectivity index (χ0n) is 16.0. The molecular formula is C18H27N7O2. The summed E-state index contributed by atoms with van der Waals surface area (Å²) in [7, 11) is 3.75. The molecule has 2 fully saturated rings. The van der Waals surface area contributed by atoms with Gasteiger partial charge in [0.05, 0.1) is 12.7 Å². The first-order chi connectivity index (χ1) is 13.1. The summed E-state index contributed by atoms with van der Waals surface area (Å²) in [4.78, 5) is 11.3. The lowest BCUT2D eigenvalue weighted by atomic mass is 10.0. The molecule has 0 radical (unpaired) electrons. The molecule has 2 aromatic heterocycles. The summed E-state index contributed by atoms with van der Waals surface area (Å²) in [6, 6.07) is 2.99. The van der Waals surface area contributed by atoms with E-state index in [1.165, 1.54) is 0 Å². The molecule has 0 atom stereocenters. The summed E-state index contributed by atoms with van der Waals surface area (Å²) in [5.41, 5.74) is 6.47. The highest BCUT2D eigenvalue weighted by atomic mass is 16.5. The molecule has 2 N–H and O–H groups in total. The number of hydrogen-bond donors (Lipinski definition) is 1. The highest BCUT2D eigenvalue weighted by molar-refractivity contribution is 5.60. The van der Waals surface area contributed by atoms with Crippen LogP contribution in [-0.2, 0) is 0 Å². The number of rotatable bonds is 4. The molecule has 4 rings (SSSR count). The Morgan fingerprint density at radius 1 is 1.11 bits per heavy atom. The van der Waals surface area contributed by atoms with E-state index < -0.39 is 0 Å². The average molecular weight is 373 g/mol. The molecule has 9 nitrogen and oxygen atoms in total. The van der Waals surface area contributed by atoms with Crippen molar-refractivity contribution in [2.24, 2.45) is 0 Å². The molecule has 9 heteroatoms. The lowest BCUT2D eigenvalue weighted by molar-refractivity contribution is 0.0976. The van der Waals surface area contributed by atoms with Gasteiger partial charge in [0.2, 0.25) is 0 Å². The van der Waals surface area contributed by atoms with Gasteiger partial charge in [-0.05, 0) is 26.0 Å². The summed E-state index contributed by atoms with van der Waals surface area (Å²) in [5, 5.41) is 8.40. The Labute approximate surface area is 159 Å². The topological polar surface area (TPSA) is 96.8 Å². The molecule has 2 aliphatic heterocycles. The molecular weight excluding hydrogens is 346 g/mol. The van der Waals surface area contributed by atoms with Gasteiger partial charge in [0.25, 0.3) is 5.89 Å². The van der Waals surface area contributed by atoms with Crippen molar-refractivity contribution < 1.29 is 9.15 Å². The number of anilines is 2. The number of likely N-dealkylation sites (N-methyl/N-ethyl adjacent to an activating group) is 1. The predicted octanol–water partition coefficient (Wildman–Crippen LogP) is 0.939. The van der Waals surface area contributed by atoms with Crippen LogP contribution >= 0.6 is 0 Å². The summed E-state index contributed by atoms with van der Waals surface area (Å²) in [6.07, 6.45) is 3.87. The molecule has 4 heterocycles. The first-order valence-corrected chi connectivity index (χ1v) is 9.45. The fourth-order valence-corrected chi connectivity index (χ4v) is 3.80. The van der Waals surface area contributed by atoms with Crippen LogP contribution in [0.4, 0.5) is 11.8 Å². The number of nitrogens with zero attached hydrogens (tertiary/aromatic N) is 6. The zero-order chi connectivity index (χ0) is 18.8. The number of nitrogen functional groups attached to an aromatic ring is 1. The average Bonchev–Trinajstić information content (AvgIpc) is 3.19. The maximum Gasteiger partial charge on any atom is 0.318 e. The number of methoxy groups -OCH3 is 1. The predicted molar refractivity (Wildman–Crippen MR) is 103 cm³/mol. The molecule has 2 aromatic rings. The molecule has 2 aliphatic rings. The molecule has 0 bridgehead atoms. The second-order valence-electron chi connectivity index (χ2n) is 7.26. The Morgan fingerprint density at radius 3 is 2.56 bits per heavy atom. The number of piperazine rings is 1. The number of aromatic nitrogens is 3. The third kappa shape index (κ3) is 3.84. The van der Waals surface area contributed by atoms with Crippen LogP contribution < -0.4 is 15.4 Å². The molecule has 0 aliphatic carbocycles. The van der Waals surface area contributed by atoms with E-state index in [0.29, 0.717) is 35.1 Å². The zero-order valence-corrected chi connectivity index (χ0v) is 16.0. The van der Waals surface area contributed by atoms with Crippen LogP contribution in [0.3, 0.4) is 0 Å². The molecule has 2 saturated heterocycles. The molecule has 0 saturated carbocycles. The van der Waals surface area contributed by atoms with Crippen molar-refractivity contribution in [2.75, 3.05) is 64.1 Å². The van der Waals surface area contributed by atoms with Gasteiger partial charge in [0, 0.05) is 51.5 Å². The van der Waals surface area contributed by atoms with Crippen molar-refractivity contribution >= 4 is 11.8 Å². The highest BCUT2D eigenvalue weighted by Gasteiger charge is 2.28. The van der Waals surface area contributed by atoms with Crippen molar-refractivity contribution in [1.82, 2.24) is 25.0 Å². The second-order valence-corrected chi connectivity index (χ2v) is 7.26. The Hall–Kier alpha value is -2.39. The Morgan fingerprint density at radius 2 is 1.85 bits per heavy atom. The minimum Gasteiger partial charge on any atom is -0.493 e. The Kier molecular flexibility index (Phi) is 5.13. The fraction of sp³-hybridized carbons (Fsp3) is 0.611. The van der Waals surface area contributed by atoms with Crippen LogP contribution in [0.2, 0.25) is 0 Å². The van der Waals surface area contributed by atoms with E-state index in [4.69, 9.17) is 14.9 Å². The first-order valence-electron chi connectivity index (χ1n) is 9.45. The number of pyridine rings is 1. The molecule has 0 aromatic carbocycles. The van der Waals surface area contributed by atoms with Gasteiger partial charge in [-0.15, -0.1) is 5.10 Å². The number of piperidine rings is 1. The second kappa shape index (κ2) is 7.69. The minimum atomic E-state index is 0.340. The van der Waals surface area contributed by atoms with Crippen LogP contribution in [0.5, 0.6) is 5.75 Å². The monoisotopic (exact) mass is 373 g/mol. The molecule has 0 spiro atoms. The number of hydrogen-bond acceptors (Lipinski definition) is 9. The van der Waals surface area contributed by atoms with E-state index in [-0.39, 0.29) is 0 Å². The highest BCUT2D eigenvalue weighted by Crippen LogP contribution is 2.29. The normalized spacial score (nSPS) is 20.1. The van der Waals surface area contributed by atoms with Crippen LogP contribution in [0.15, 0.2) is 16.7 Å². The van der Waals surface area contributed by atoms with Crippen LogP contribution in [0.1, 0.15) is 12.8 Å². The fourth-order valence-electron chi connectivity index (χ4n) is 3.80. The van der Waals surface area contributed by atoms with Gasteiger partial charge in [0.15, 0.2) is 11.6 Å². The van der Waals surface area contributed by atoms with Gasteiger partial charge in [-0.1, -0.05) is 5.10 Å². The quantitative estimate of drug-likeness (QED) is 0.839. The number of ether oxygens (including phenoxy) is 1. The third-order valence-corrected chi connectivity index (χ3v) is 5.55. The third-order valence-electron chi connectivity index (χ3n) is 5.55. The standard InChI is InChI=1S/C18H27N7O2/c1-23-7-9-24(10-8-23)14-3-5-25(6-4-14)18-22-21-17(27-18)13-11-15(26-2)16(19)20-12-13/h11-12,14H,3-10H2,1-2H3,(H2,19,20). The Bertz CT molecular complexity index is 765. The lowest BCUT2D eigenvalue weighted by Crippen LogP contribution is -2.52. The minimum absolute atomic E-state index is 0.340. The molecule has 0 unspecified atom stereocenters. The van der Waals surface area contributed by atoms with Crippen LogP contribution in [0, 0.1) is 0 Å². The molecule has 0 amide bonds. The van der Waals surface area contributed by atoms with Gasteiger partial charge in [-0.2, -0.15) is 0 Å². The van der Waals surface area contributed by atoms with Gasteiger partial charge >= 0.3 is 6.01 Å². The molecule has 27 heavy (non-hydrogen) atoms. The Balaban J connectivity index is 1.38. The van der Waals surface area contributed by atoms with Crippen molar-refractivity contribution in [3.63, 3.8) is 0 Å². The molecule has 146 valence electrons. The van der Waals surface area contributed by atoms with Crippen molar-refractivity contribution in [1.29, 1.82) is 0 Å². The van der Waals surface area contributed by atoms with E-state index in [2.05, 4.69) is 36.9 Å². The van der Waals surface area contributed by atoms with E-state index >= 15 is 0 Å². The van der Waals surface area contributed by atoms with Gasteiger partial charge < -0.3 is 24.7 Å². The smallest absolute Gasteiger partial charge is 0.318 e. The van der Waals surface area contributed by atoms with Crippen molar-refractivity contribution in [3.8, 4) is 17.2 Å². The maximum absolute atomic E-state index is 5.89. The van der Waals surface area contributed by atoms with Gasteiger partial charge in [-0.3, -0.25) is 4.90 Å². The van der Waals surface area contributed by atoms with Crippen molar-refractivity contribution in [3.05, 3.63) is 12.3 Å². The van der Waals surface area contributed by atoms with Gasteiger partial charge in [-0.25, -0.2) is 4.98 Å². The van der Waals surface area contributed by atoms with Crippen molar-refractivity contribution in [2.45, 2.75) is 18.9 Å². The van der Waals surface area contributed by atoms with Crippen LogP contribution in [0.25, 0.3) is 11.5 Å². The largest absolute Gasteiger partial charge is 0.493 e. The van der Waals surface area contributed by atoms with E-state index in [1.54, 1.807) is 19.4 Å².